The lowest BCUT2D eigenvalue weighted by molar-refractivity contribution is -0.117. The molecule has 1 aromatic carbocycles. The standard InChI is InChI=1S/C19H24N4O3/c1-11(2)22(19(25)26)18-7-12(3)23(13(4)24)17-6-5-14(8-16(17)18)15-9-20-21-10-15/h5-6,8-12,18H,7H2,1-4H3,(H,20,21)(H,25,26). The number of hydrogen-bond acceptors (Lipinski definition) is 3. The summed E-state index contributed by atoms with van der Waals surface area (Å²) >= 11 is 0. The van der Waals surface area contributed by atoms with Crippen LogP contribution in [0.1, 0.15) is 45.7 Å². The molecule has 0 fully saturated rings. The van der Waals surface area contributed by atoms with Crippen molar-refractivity contribution in [3.63, 3.8) is 0 Å². The smallest absolute Gasteiger partial charge is 0.408 e. The zero-order chi connectivity index (χ0) is 19.0. The zero-order valence-electron chi connectivity index (χ0n) is 15.4. The van der Waals surface area contributed by atoms with Crippen molar-refractivity contribution < 1.29 is 14.7 Å². The Bertz CT molecular complexity index is 816. The van der Waals surface area contributed by atoms with Crippen LogP contribution < -0.4 is 4.90 Å². The van der Waals surface area contributed by atoms with E-state index in [1.54, 1.807) is 24.2 Å². The topological polar surface area (TPSA) is 89.5 Å². The van der Waals surface area contributed by atoms with Crippen LogP contribution in [0.5, 0.6) is 0 Å². The average molecular weight is 356 g/mol. The van der Waals surface area contributed by atoms with Crippen molar-refractivity contribution in [1.82, 2.24) is 15.1 Å². The van der Waals surface area contributed by atoms with Gasteiger partial charge in [-0.25, -0.2) is 4.79 Å². The maximum atomic E-state index is 12.2. The van der Waals surface area contributed by atoms with E-state index in [-0.39, 0.29) is 24.0 Å². The molecule has 0 bridgehead atoms. The van der Waals surface area contributed by atoms with Gasteiger partial charge < -0.3 is 10.0 Å². The highest BCUT2D eigenvalue weighted by molar-refractivity contribution is 5.94. The Morgan fingerprint density at radius 1 is 1.35 bits per heavy atom. The van der Waals surface area contributed by atoms with Crippen LogP contribution in [0.2, 0.25) is 0 Å². The Labute approximate surface area is 152 Å². The van der Waals surface area contributed by atoms with Gasteiger partial charge in [0.25, 0.3) is 0 Å². The molecule has 2 unspecified atom stereocenters. The number of carboxylic acid groups (broad SMARTS) is 1. The van der Waals surface area contributed by atoms with E-state index in [1.807, 2.05) is 39.0 Å². The van der Waals surface area contributed by atoms with E-state index in [4.69, 9.17) is 0 Å². The number of aromatic nitrogens is 2. The average Bonchev–Trinajstić information content (AvgIpc) is 3.07. The number of anilines is 1. The second-order valence-corrected chi connectivity index (χ2v) is 7.03. The van der Waals surface area contributed by atoms with Crippen LogP contribution in [0.3, 0.4) is 0 Å². The van der Waals surface area contributed by atoms with Crippen molar-refractivity contribution in [3.8, 4) is 11.1 Å². The summed E-state index contributed by atoms with van der Waals surface area (Å²) < 4.78 is 0. The molecule has 2 heterocycles. The summed E-state index contributed by atoms with van der Waals surface area (Å²) in [6, 6.07) is 5.27. The summed E-state index contributed by atoms with van der Waals surface area (Å²) in [5.41, 5.74) is 3.49. The highest BCUT2D eigenvalue weighted by atomic mass is 16.4. The van der Waals surface area contributed by atoms with E-state index in [2.05, 4.69) is 10.2 Å². The molecule has 2 N–H and O–H groups in total. The minimum Gasteiger partial charge on any atom is -0.465 e. The molecule has 7 heteroatoms. The summed E-state index contributed by atoms with van der Waals surface area (Å²) in [5.74, 6) is -0.0420. The lowest BCUT2D eigenvalue weighted by atomic mass is 9.88. The molecule has 1 aromatic heterocycles. The van der Waals surface area contributed by atoms with E-state index in [0.717, 1.165) is 22.4 Å². The molecule has 0 spiro atoms. The predicted octanol–water partition coefficient (Wildman–Crippen LogP) is 3.65. The summed E-state index contributed by atoms with van der Waals surface area (Å²) in [6.07, 6.45) is 3.13. The van der Waals surface area contributed by atoms with Crippen LogP contribution in [0.25, 0.3) is 11.1 Å². The lowest BCUT2D eigenvalue weighted by Gasteiger charge is -2.43. The van der Waals surface area contributed by atoms with Gasteiger partial charge in [0.2, 0.25) is 5.91 Å². The highest BCUT2D eigenvalue weighted by Gasteiger charge is 2.38. The number of aromatic amines is 1. The van der Waals surface area contributed by atoms with Crippen molar-refractivity contribution in [1.29, 1.82) is 0 Å². The first-order chi connectivity index (χ1) is 12.3. The quantitative estimate of drug-likeness (QED) is 0.878. The third-order valence-electron chi connectivity index (χ3n) is 4.94. The molecule has 7 nitrogen and oxygen atoms in total. The van der Waals surface area contributed by atoms with Gasteiger partial charge in [-0.1, -0.05) is 6.07 Å². The van der Waals surface area contributed by atoms with Crippen LogP contribution >= 0.6 is 0 Å². The van der Waals surface area contributed by atoms with Crippen LogP contribution in [0.4, 0.5) is 10.5 Å². The number of rotatable bonds is 3. The zero-order valence-corrected chi connectivity index (χ0v) is 15.4. The van der Waals surface area contributed by atoms with Gasteiger partial charge in [-0.15, -0.1) is 0 Å². The summed E-state index contributed by atoms with van der Waals surface area (Å²) in [4.78, 5) is 27.4. The molecule has 1 aliphatic heterocycles. The molecule has 26 heavy (non-hydrogen) atoms. The lowest BCUT2D eigenvalue weighted by Crippen LogP contribution is -2.48. The van der Waals surface area contributed by atoms with Gasteiger partial charge >= 0.3 is 6.09 Å². The van der Waals surface area contributed by atoms with Crippen LogP contribution in [-0.4, -0.2) is 44.3 Å². The number of carbonyl (C=O) groups excluding carboxylic acids is 1. The molecule has 0 saturated heterocycles. The third-order valence-corrected chi connectivity index (χ3v) is 4.94. The highest BCUT2D eigenvalue weighted by Crippen LogP contribution is 2.43. The minimum absolute atomic E-state index is 0.0420. The predicted molar refractivity (Wildman–Crippen MR) is 99.0 cm³/mol. The number of hydrogen-bond donors (Lipinski definition) is 2. The SMILES string of the molecule is CC(=O)N1c2ccc(-c3cn[nH]c3)cc2C(N(C(=O)O)C(C)C)CC1C. The van der Waals surface area contributed by atoms with E-state index < -0.39 is 6.09 Å². The van der Waals surface area contributed by atoms with E-state index >= 15 is 0 Å². The van der Waals surface area contributed by atoms with Gasteiger partial charge in [0, 0.05) is 36.5 Å². The third kappa shape index (κ3) is 3.05. The first kappa shape index (κ1) is 18.0. The molecule has 0 saturated carbocycles. The molecular formula is C19H24N4O3. The number of benzene rings is 1. The van der Waals surface area contributed by atoms with Gasteiger partial charge in [-0.2, -0.15) is 5.10 Å². The second-order valence-electron chi connectivity index (χ2n) is 7.03. The van der Waals surface area contributed by atoms with Crippen molar-refractivity contribution in [2.75, 3.05) is 4.90 Å². The molecule has 0 radical (unpaired) electrons. The Morgan fingerprint density at radius 3 is 2.62 bits per heavy atom. The van der Waals surface area contributed by atoms with Gasteiger partial charge in [0.1, 0.15) is 0 Å². The van der Waals surface area contributed by atoms with Gasteiger partial charge in [-0.3, -0.25) is 14.8 Å². The van der Waals surface area contributed by atoms with E-state index in [1.165, 1.54) is 4.90 Å². The summed E-state index contributed by atoms with van der Waals surface area (Å²) in [7, 11) is 0. The fourth-order valence-corrected chi connectivity index (χ4v) is 3.88. The number of H-pyrrole nitrogens is 1. The van der Waals surface area contributed by atoms with E-state index in [0.29, 0.717) is 6.42 Å². The Hall–Kier alpha value is -2.83. The van der Waals surface area contributed by atoms with Crippen LogP contribution in [0, 0.1) is 0 Å². The molecule has 2 aromatic rings. The van der Waals surface area contributed by atoms with E-state index in [9.17, 15) is 14.7 Å². The maximum Gasteiger partial charge on any atom is 0.408 e. The van der Waals surface area contributed by atoms with Crippen LogP contribution in [0.15, 0.2) is 30.6 Å². The monoisotopic (exact) mass is 356 g/mol. The van der Waals surface area contributed by atoms with Crippen molar-refractivity contribution in [2.45, 2.75) is 52.2 Å². The van der Waals surface area contributed by atoms with Crippen molar-refractivity contribution in [2.24, 2.45) is 0 Å². The number of carbonyl (C=O) groups is 2. The number of nitrogens with zero attached hydrogens (tertiary/aromatic N) is 3. The first-order valence-corrected chi connectivity index (χ1v) is 8.75. The molecule has 1 aliphatic rings. The van der Waals surface area contributed by atoms with Gasteiger partial charge in [0.05, 0.1) is 12.2 Å². The molecule has 0 aliphatic carbocycles. The second kappa shape index (κ2) is 6.82. The maximum absolute atomic E-state index is 12.2. The molecule has 2 atom stereocenters. The number of amides is 2. The Balaban J connectivity index is 2.17. The Morgan fingerprint density at radius 2 is 2.08 bits per heavy atom. The van der Waals surface area contributed by atoms with Gasteiger partial charge in [0.15, 0.2) is 0 Å². The van der Waals surface area contributed by atoms with Gasteiger partial charge in [-0.05, 0) is 50.5 Å². The summed E-state index contributed by atoms with van der Waals surface area (Å²) in [5, 5.41) is 16.5. The molecule has 138 valence electrons. The molecule has 3 rings (SSSR count). The fraction of sp³-hybridized carbons (Fsp3) is 0.421. The fourth-order valence-electron chi connectivity index (χ4n) is 3.88. The molecular weight excluding hydrogens is 332 g/mol. The number of fused-ring (bicyclic) bond motifs is 1. The normalized spacial score (nSPS) is 19.3. The summed E-state index contributed by atoms with van der Waals surface area (Å²) in [6.45, 7) is 7.25. The number of nitrogens with one attached hydrogen (secondary N) is 1. The minimum atomic E-state index is -0.951. The van der Waals surface area contributed by atoms with Crippen LogP contribution in [-0.2, 0) is 4.79 Å². The molecule has 2 amide bonds. The largest absolute Gasteiger partial charge is 0.465 e. The Kier molecular flexibility index (Phi) is 4.71. The van der Waals surface area contributed by atoms with Crippen molar-refractivity contribution >= 4 is 17.7 Å². The first-order valence-electron chi connectivity index (χ1n) is 8.75. The van der Waals surface area contributed by atoms with Crippen molar-refractivity contribution in [3.05, 3.63) is 36.2 Å².